The van der Waals surface area contributed by atoms with Crippen molar-refractivity contribution in [2.75, 3.05) is 28.6 Å². The summed E-state index contributed by atoms with van der Waals surface area (Å²) in [6, 6.07) is 13.3. The van der Waals surface area contributed by atoms with E-state index in [9.17, 15) is 4.79 Å². The van der Waals surface area contributed by atoms with E-state index in [-0.39, 0.29) is 6.03 Å². The second-order valence-electron chi connectivity index (χ2n) is 8.20. The Bertz CT molecular complexity index is 1110. The lowest BCUT2D eigenvalue weighted by atomic mass is 10.0. The smallest absolute Gasteiger partial charge is 0.323 e. The predicted octanol–water partition coefficient (Wildman–Crippen LogP) is 6.56. The summed E-state index contributed by atoms with van der Waals surface area (Å²) in [5.74, 6) is 0.667. The van der Waals surface area contributed by atoms with E-state index in [2.05, 4.69) is 34.4 Å². The molecule has 0 aliphatic carbocycles. The zero-order valence-corrected chi connectivity index (χ0v) is 20.0. The van der Waals surface area contributed by atoms with Gasteiger partial charge in [-0.1, -0.05) is 61.8 Å². The molecule has 0 spiro atoms. The molecule has 1 fully saturated rings. The van der Waals surface area contributed by atoms with Crippen LogP contribution in [-0.4, -0.2) is 29.1 Å². The summed E-state index contributed by atoms with van der Waals surface area (Å²) in [5, 5.41) is 6.59. The summed E-state index contributed by atoms with van der Waals surface area (Å²) in [5.41, 5.74) is 4.97. The monoisotopic (exact) mass is 463 g/mol. The highest BCUT2D eigenvalue weighted by molar-refractivity contribution is 6.33. The molecular formula is C26H30ClN5O. The molecule has 172 valence electrons. The number of halogens is 1. The molecule has 1 aliphatic rings. The Hall–Kier alpha value is -3.12. The Morgan fingerprint density at radius 1 is 0.970 bits per heavy atom. The Balaban J connectivity index is 1.66. The van der Waals surface area contributed by atoms with Gasteiger partial charge in [0.1, 0.15) is 5.69 Å². The lowest BCUT2D eigenvalue weighted by molar-refractivity contribution is 0.262. The lowest BCUT2D eigenvalue weighted by Crippen LogP contribution is -2.31. The second-order valence-corrected chi connectivity index (χ2v) is 8.60. The van der Waals surface area contributed by atoms with Crippen LogP contribution in [0.5, 0.6) is 0 Å². The number of rotatable bonds is 6. The molecule has 0 bridgehead atoms. The normalized spacial score (nSPS) is 13.6. The van der Waals surface area contributed by atoms with Crippen LogP contribution in [0.25, 0.3) is 11.3 Å². The number of anilines is 3. The van der Waals surface area contributed by atoms with Crippen LogP contribution >= 0.6 is 11.6 Å². The molecule has 2 amide bonds. The largest absolute Gasteiger partial charge is 0.341 e. The van der Waals surface area contributed by atoms with Crippen LogP contribution < -0.4 is 15.5 Å². The number of aromatic nitrogens is 2. The predicted molar refractivity (Wildman–Crippen MR) is 136 cm³/mol. The second kappa shape index (κ2) is 10.7. The van der Waals surface area contributed by atoms with Crippen LogP contribution in [0.4, 0.5) is 22.1 Å². The quantitative estimate of drug-likeness (QED) is 0.434. The van der Waals surface area contributed by atoms with Gasteiger partial charge in [-0.15, -0.1) is 0 Å². The molecule has 2 aromatic carbocycles. The summed E-state index contributed by atoms with van der Waals surface area (Å²) in [6.45, 7) is 6.03. The number of carbonyl (C=O) groups excluding carboxylic acids is 1. The summed E-state index contributed by atoms with van der Waals surface area (Å²) in [4.78, 5) is 24.7. The van der Waals surface area contributed by atoms with Crippen molar-refractivity contribution in [2.24, 2.45) is 0 Å². The first-order chi connectivity index (χ1) is 16.1. The molecule has 2 heterocycles. The molecule has 3 aromatic rings. The van der Waals surface area contributed by atoms with Gasteiger partial charge in [-0.05, 0) is 49.3 Å². The fourth-order valence-electron chi connectivity index (χ4n) is 4.24. The zero-order valence-electron chi connectivity index (χ0n) is 19.2. The summed E-state index contributed by atoms with van der Waals surface area (Å²) >= 11 is 6.51. The van der Waals surface area contributed by atoms with Crippen molar-refractivity contribution in [2.45, 2.75) is 46.0 Å². The van der Waals surface area contributed by atoms with E-state index in [1.54, 1.807) is 6.20 Å². The van der Waals surface area contributed by atoms with Gasteiger partial charge in [-0.3, -0.25) is 0 Å². The molecule has 33 heavy (non-hydrogen) atoms. The average Bonchev–Trinajstić information content (AvgIpc) is 2.85. The minimum absolute atomic E-state index is 0.326. The van der Waals surface area contributed by atoms with E-state index < -0.39 is 0 Å². The maximum atomic E-state index is 13.1. The number of hydrogen-bond donors (Lipinski definition) is 2. The van der Waals surface area contributed by atoms with E-state index in [1.807, 2.05) is 42.5 Å². The van der Waals surface area contributed by atoms with Crippen molar-refractivity contribution in [1.82, 2.24) is 9.97 Å². The molecule has 0 radical (unpaired) electrons. The summed E-state index contributed by atoms with van der Waals surface area (Å²) < 4.78 is 0. The number of nitrogens with one attached hydrogen (secondary N) is 2. The van der Waals surface area contributed by atoms with E-state index in [4.69, 9.17) is 16.6 Å². The number of carbonyl (C=O) groups is 1. The van der Waals surface area contributed by atoms with Crippen molar-refractivity contribution in [3.63, 3.8) is 0 Å². The number of urea groups is 1. The van der Waals surface area contributed by atoms with E-state index in [0.29, 0.717) is 22.4 Å². The van der Waals surface area contributed by atoms with Crippen LogP contribution in [0, 0.1) is 0 Å². The topological polar surface area (TPSA) is 70.2 Å². The fourth-order valence-corrected chi connectivity index (χ4v) is 4.46. The number of benzene rings is 2. The number of aryl methyl sites for hydroxylation is 2. The van der Waals surface area contributed by atoms with Crippen molar-refractivity contribution in [3.8, 4) is 11.3 Å². The molecule has 4 rings (SSSR count). The van der Waals surface area contributed by atoms with Gasteiger partial charge >= 0.3 is 6.03 Å². The molecule has 7 heteroatoms. The first-order valence-electron chi connectivity index (χ1n) is 11.7. The number of hydrogen-bond acceptors (Lipinski definition) is 4. The van der Waals surface area contributed by atoms with Crippen molar-refractivity contribution in [1.29, 1.82) is 0 Å². The molecule has 6 nitrogen and oxygen atoms in total. The van der Waals surface area contributed by atoms with Gasteiger partial charge in [0.2, 0.25) is 5.95 Å². The SMILES string of the molecule is CCc1cccc(CC)c1NC(=O)Nc1cnc(N2CCCCC2)nc1-c1ccccc1Cl. The molecule has 0 unspecified atom stereocenters. The average molecular weight is 464 g/mol. The minimum Gasteiger partial charge on any atom is -0.341 e. The third kappa shape index (κ3) is 5.28. The van der Waals surface area contributed by atoms with Crippen LogP contribution in [0.1, 0.15) is 44.2 Å². The molecule has 1 aliphatic heterocycles. The van der Waals surface area contributed by atoms with Crippen LogP contribution in [-0.2, 0) is 12.8 Å². The Morgan fingerprint density at radius 2 is 1.67 bits per heavy atom. The van der Waals surface area contributed by atoms with Gasteiger partial charge in [0, 0.05) is 24.3 Å². The highest BCUT2D eigenvalue weighted by atomic mass is 35.5. The number of amides is 2. The molecule has 0 saturated carbocycles. The highest BCUT2D eigenvalue weighted by Gasteiger charge is 2.19. The molecular weight excluding hydrogens is 434 g/mol. The number of para-hydroxylation sites is 1. The van der Waals surface area contributed by atoms with E-state index >= 15 is 0 Å². The van der Waals surface area contributed by atoms with Crippen molar-refractivity contribution in [3.05, 3.63) is 64.8 Å². The first kappa shape index (κ1) is 23.1. The van der Waals surface area contributed by atoms with E-state index in [1.165, 1.54) is 6.42 Å². The van der Waals surface area contributed by atoms with Gasteiger partial charge in [0.05, 0.1) is 16.9 Å². The maximum absolute atomic E-state index is 13.1. The first-order valence-corrected chi connectivity index (χ1v) is 12.0. The molecule has 1 aromatic heterocycles. The van der Waals surface area contributed by atoms with Gasteiger partial charge in [0.15, 0.2) is 0 Å². The molecule has 1 saturated heterocycles. The third-order valence-electron chi connectivity index (χ3n) is 6.03. The van der Waals surface area contributed by atoms with Gasteiger partial charge in [0.25, 0.3) is 0 Å². The minimum atomic E-state index is -0.326. The third-order valence-corrected chi connectivity index (χ3v) is 6.36. The van der Waals surface area contributed by atoms with Gasteiger partial charge < -0.3 is 15.5 Å². The summed E-state index contributed by atoms with van der Waals surface area (Å²) in [7, 11) is 0. The van der Waals surface area contributed by atoms with Gasteiger partial charge in [-0.25, -0.2) is 14.8 Å². The summed E-state index contributed by atoms with van der Waals surface area (Å²) in [6.07, 6.45) is 6.84. The van der Waals surface area contributed by atoms with E-state index in [0.717, 1.165) is 61.2 Å². The highest BCUT2D eigenvalue weighted by Crippen LogP contribution is 2.33. The van der Waals surface area contributed by atoms with Crippen molar-refractivity contribution < 1.29 is 4.79 Å². The van der Waals surface area contributed by atoms with Crippen LogP contribution in [0.3, 0.4) is 0 Å². The number of piperidine rings is 1. The Labute approximate surface area is 200 Å². The maximum Gasteiger partial charge on any atom is 0.323 e. The standard InChI is InChI=1S/C26H30ClN5O/c1-3-18-11-10-12-19(4-2)23(18)31-26(33)29-22-17-28-25(32-15-8-5-9-16-32)30-24(22)20-13-6-7-14-21(20)27/h6-7,10-14,17H,3-5,8-9,15-16H2,1-2H3,(H2,29,31,33). The van der Waals surface area contributed by atoms with Gasteiger partial charge in [-0.2, -0.15) is 0 Å². The number of nitrogens with zero attached hydrogens (tertiary/aromatic N) is 3. The van der Waals surface area contributed by atoms with Crippen LogP contribution in [0.15, 0.2) is 48.7 Å². The Kier molecular flexibility index (Phi) is 7.45. The molecule has 0 atom stereocenters. The van der Waals surface area contributed by atoms with Crippen molar-refractivity contribution >= 4 is 35.0 Å². The molecule has 2 N–H and O–H groups in total. The fraction of sp³-hybridized carbons (Fsp3) is 0.346. The Morgan fingerprint density at radius 3 is 2.33 bits per heavy atom. The lowest BCUT2D eigenvalue weighted by Gasteiger charge is -2.27. The zero-order chi connectivity index (χ0) is 23.2. The van der Waals surface area contributed by atoms with Crippen LogP contribution in [0.2, 0.25) is 5.02 Å².